The maximum atomic E-state index is 14.1. The maximum absolute atomic E-state index is 14.1. The van der Waals surface area contributed by atoms with E-state index in [2.05, 4.69) is 52.5 Å². The number of fused-ring (bicyclic) bond motifs is 2. The van der Waals surface area contributed by atoms with Crippen molar-refractivity contribution in [2.24, 2.45) is 5.92 Å². The number of aromatic hydroxyl groups is 1. The molecule has 400 valence electrons. The molecule has 75 heavy (non-hydrogen) atoms. The van der Waals surface area contributed by atoms with Crippen LogP contribution in [0.4, 0.5) is 30.4 Å². The van der Waals surface area contributed by atoms with Gasteiger partial charge in [0.2, 0.25) is 17.7 Å². The Bertz CT molecular complexity index is 2770. The summed E-state index contributed by atoms with van der Waals surface area (Å²) in [5, 5.41) is 36.5. The van der Waals surface area contributed by atoms with E-state index in [9.17, 15) is 33.0 Å². The highest BCUT2D eigenvalue weighted by atomic mass is 19.4. The number of ether oxygens (including phenoxy) is 3. The van der Waals surface area contributed by atoms with E-state index in [4.69, 9.17) is 24.5 Å². The van der Waals surface area contributed by atoms with Crippen molar-refractivity contribution in [1.29, 1.82) is 0 Å². The van der Waals surface area contributed by atoms with Crippen LogP contribution in [0.15, 0.2) is 83.5 Å². The molecule has 1 aliphatic carbocycles. The third-order valence-electron chi connectivity index (χ3n) is 15.4. The Hall–Kier alpha value is -6.71. The molecule has 5 N–H and O–H groups in total. The number of nitrogen functional groups attached to an aromatic ring is 1. The molecule has 2 aromatic carbocycles. The number of aliphatic hydroxyl groups excluding tert-OH is 1. The predicted octanol–water partition coefficient (Wildman–Crippen LogP) is 6.74. The van der Waals surface area contributed by atoms with Gasteiger partial charge in [-0.1, -0.05) is 38.1 Å². The Morgan fingerprint density at radius 2 is 1.61 bits per heavy atom. The molecule has 18 nitrogen and oxygen atoms in total. The van der Waals surface area contributed by atoms with E-state index in [1.54, 1.807) is 25.1 Å². The number of benzene rings is 2. The molecule has 5 aromatic rings. The molecule has 6 atom stereocenters. The predicted molar refractivity (Wildman–Crippen MR) is 271 cm³/mol. The van der Waals surface area contributed by atoms with E-state index in [0.717, 1.165) is 88.2 Å². The van der Waals surface area contributed by atoms with Crippen LogP contribution in [0, 0.1) is 5.92 Å². The van der Waals surface area contributed by atoms with E-state index in [0.29, 0.717) is 41.7 Å². The molecular formula is C54H65F3N10O8. The number of carbonyl (C=O) groups excluding carboxylic acids is 2. The molecule has 2 bridgehead atoms. The summed E-state index contributed by atoms with van der Waals surface area (Å²) in [4.78, 5) is 40.6. The maximum Gasteiger partial charge on any atom is 0.416 e. The van der Waals surface area contributed by atoms with Gasteiger partial charge in [-0.05, 0) is 85.6 Å². The summed E-state index contributed by atoms with van der Waals surface area (Å²) < 4.78 is 63.8. The minimum atomic E-state index is -4.48. The van der Waals surface area contributed by atoms with Crippen molar-refractivity contribution >= 4 is 29.0 Å². The van der Waals surface area contributed by atoms with Crippen LogP contribution in [-0.2, 0) is 20.5 Å². The summed E-state index contributed by atoms with van der Waals surface area (Å²) in [5.74, 6) is -0.352. The van der Waals surface area contributed by atoms with Gasteiger partial charge < -0.3 is 54.7 Å². The van der Waals surface area contributed by atoms with E-state index < -0.39 is 47.7 Å². The van der Waals surface area contributed by atoms with Gasteiger partial charge >= 0.3 is 6.18 Å². The summed E-state index contributed by atoms with van der Waals surface area (Å²) in [6.45, 7) is 9.57. The molecule has 4 saturated heterocycles. The second-order valence-corrected chi connectivity index (χ2v) is 21.0. The zero-order chi connectivity index (χ0) is 52.5. The topological polar surface area (TPSA) is 218 Å². The molecular weight excluding hydrogens is 974 g/mol. The average Bonchev–Trinajstić information content (AvgIpc) is 4.09. The Morgan fingerprint density at radius 1 is 0.880 bits per heavy atom. The van der Waals surface area contributed by atoms with Gasteiger partial charge in [-0.3, -0.25) is 14.5 Å². The number of piperidine rings is 1. The van der Waals surface area contributed by atoms with Crippen LogP contribution in [0.1, 0.15) is 94.6 Å². The molecule has 21 heteroatoms. The SMILES string of the molecule is CC(C)[C@H](C(=O)N1C[C@H](O)C[C@H]1C(=O)N[C@@H](C)c1ccc(C(F)(F)F)cc1)c1cc(OCCN2CCC(OC3CC(Oc4cc(N5C6CCC5CN(c5cc(-c7ccccc7O)nnc5N)C6)ccn4)C3)CC2)no1. The first-order valence-electron chi connectivity index (χ1n) is 26.1. The second kappa shape index (κ2) is 21.9. The monoisotopic (exact) mass is 1040 g/mol. The standard InChI is InChI=1S/C54H65F3N10O8/c1-31(2)50(53(71)66-30-38(68)23-45(66)52(70)60-32(3)33-8-10-34(11-9-33)54(55,56)57)47-27-49(63-75-47)72-21-20-64-18-15-39(16-19-64)73-40-24-41(25-40)74-48-22-35(14-17-59-48)67-36-12-13-37(67)29-65(28-36)44-26-43(61-62-51(44)58)42-6-4-5-7-46(42)69/h4-11,14,17,22,26-27,31-32,36-41,45,50,68-69H,12-13,15-16,18-21,23-25,28-30H2,1-3H3,(H2,58,62)(H,60,70)/t32-,36?,37?,38+,40?,41?,45-,50-/m0/s1. The molecule has 0 spiro atoms. The average molecular weight is 1040 g/mol. The van der Waals surface area contributed by atoms with E-state index in [1.807, 2.05) is 38.2 Å². The minimum Gasteiger partial charge on any atom is -0.507 e. The highest BCUT2D eigenvalue weighted by Crippen LogP contribution is 2.41. The number of likely N-dealkylation sites (tertiary alicyclic amines) is 2. The molecule has 3 aromatic heterocycles. The fraction of sp³-hybridized carbons (Fsp3) is 0.519. The highest BCUT2D eigenvalue weighted by Gasteiger charge is 2.45. The number of hydrogen-bond acceptors (Lipinski definition) is 16. The van der Waals surface area contributed by atoms with Crippen LogP contribution in [-0.4, -0.2) is 141 Å². The molecule has 2 unspecified atom stereocenters. The molecule has 5 aliphatic rings. The minimum absolute atomic E-state index is 0.0128. The van der Waals surface area contributed by atoms with Gasteiger partial charge in [0.15, 0.2) is 11.6 Å². The molecule has 10 rings (SSSR count). The first-order valence-corrected chi connectivity index (χ1v) is 26.1. The van der Waals surface area contributed by atoms with Crippen LogP contribution in [0.5, 0.6) is 17.5 Å². The third-order valence-corrected chi connectivity index (χ3v) is 15.4. The van der Waals surface area contributed by atoms with Gasteiger partial charge in [-0.15, -0.1) is 10.2 Å². The number of alkyl halides is 3. The largest absolute Gasteiger partial charge is 0.507 e. The number of aliphatic hydroxyl groups is 1. The number of pyridine rings is 1. The molecule has 0 radical (unpaired) electrons. The van der Waals surface area contributed by atoms with Gasteiger partial charge in [0.1, 0.15) is 30.4 Å². The smallest absolute Gasteiger partial charge is 0.416 e. The zero-order valence-electron chi connectivity index (χ0n) is 42.3. The Labute approximate surface area is 433 Å². The molecule has 4 aliphatic heterocycles. The lowest BCUT2D eigenvalue weighted by Gasteiger charge is -2.43. The quantitative estimate of drug-likeness (QED) is 0.0758. The number of nitrogens with two attached hydrogens (primary N) is 1. The van der Waals surface area contributed by atoms with E-state index in [1.165, 1.54) is 17.0 Å². The first kappa shape index (κ1) is 51.8. The first-order chi connectivity index (χ1) is 36.0. The fourth-order valence-corrected chi connectivity index (χ4v) is 11.4. The van der Waals surface area contributed by atoms with Crippen LogP contribution >= 0.6 is 0 Å². The number of halogens is 3. The highest BCUT2D eigenvalue weighted by molar-refractivity contribution is 5.91. The number of para-hydroxylation sites is 1. The summed E-state index contributed by atoms with van der Waals surface area (Å²) in [6.07, 6.45) is 2.26. The van der Waals surface area contributed by atoms with Crippen LogP contribution in [0.3, 0.4) is 0 Å². The number of carbonyl (C=O) groups is 2. The number of rotatable bonds is 17. The number of aromatic nitrogens is 4. The summed E-state index contributed by atoms with van der Waals surface area (Å²) >= 11 is 0. The number of hydrogen-bond donors (Lipinski definition) is 4. The van der Waals surface area contributed by atoms with Crippen molar-refractivity contribution in [3.8, 4) is 28.8 Å². The number of phenolic OH excluding ortho intramolecular Hbond substituents is 1. The second-order valence-electron chi connectivity index (χ2n) is 21.0. The number of amides is 2. The van der Waals surface area contributed by atoms with Crippen LogP contribution in [0.25, 0.3) is 11.3 Å². The van der Waals surface area contributed by atoms with E-state index >= 15 is 0 Å². The molecule has 2 amide bonds. The number of phenols is 1. The van der Waals surface area contributed by atoms with Crippen LogP contribution in [0.2, 0.25) is 0 Å². The van der Waals surface area contributed by atoms with Crippen molar-refractivity contribution < 1.29 is 51.7 Å². The Balaban J connectivity index is 0.642. The van der Waals surface area contributed by atoms with Crippen molar-refractivity contribution in [2.45, 2.75) is 126 Å². The number of anilines is 3. The fourth-order valence-electron chi connectivity index (χ4n) is 11.4. The molecule has 5 fully saturated rings. The van der Waals surface area contributed by atoms with Crippen molar-refractivity contribution in [2.75, 3.05) is 61.4 Å². The van der Waals surface area contributed by atoms with Crippen LogP contribution < -0.4 is 30.3 Å². The molecule has 7 heterocycles. The van der Waals surface area contributed by atoms with Gasteiger partial charge in [-0.25, -0.2) is 4.98 Å². The zero-order valence-corrected chi connectivity index (χ0v) is 42.3. The van der Waals surface area contributed by atoms with Gasteiger partial charge in [0, 0.05) is 100 Å². The summed E-state index contributed by atoms with van der Waals surface area (Å²) in [5.41, 5.74) is 9.17. The Morgan fingerprint density at radius 3 is 2.32 bits per heavy atom. The van der Waals surface area contributed by atoms with E-state index in [-0.39, 0.29) is 66.7 Å². The lowest BCUT2D eigenvalue weighted by Crippen LogP contribution is -2.54. The van der Waals surface area contributed by atoms with Gasteiger partial charge in [-0.2, -0.15) is 13.2 Å². The number of nitrogens with zero attached hydrogens (tertiary/aromatic N) is 8. The van der Waals surface area contributed by atoms with Gasteiger partial charge in [0.25, 0.3) is 5.88 Å². The lowest BCUT2D eigenvalue weighted by atomic mass is 9.91. The summed E-state index contributed by atoms with van der Waals surface area (Å²) in [7, 11) is 0. The molecule has 1 saturated carbocycles. The Kier molecular flexibility index (Phi) is 15.1. The third kappa shape index (κ3) is 11.6. The number of piperazine rings is 1. The summed E-state index contributed by atoms with van der Waals surface area (Å²) in [6, 6.07) is 18.2. The number of nitrogens with one attached hydrogen (secondary N) is 1. The lowest BCUT2D eigenvalue weighted by molar-refractivity contribution is -0.141. The van der Waals surface area contributed by atoms with Crippen molar-refractivity contribution in [3.63, 3.8) is 0 Å². The number of β-amino-alcohol motifs (C(OH)–C–C–N with tert-alkyl or cyclic N) is 1. The normalized spacial score (nSPS) is 24.0. The van der Waals surface area contributed by atoms with Crippen molar-refractivity contribution in [3.05, 3.63) is 95.9 Å². The van der Waals surface area contributed by atoms with Gasteiger partial charge in [0.05, 0.1) is 41.3 Å². The van der Waals surface area contributed by atoms with Crippen molar-refractivity contribution in [1.82, 2.24) is 35.5 Å².